The first-order valence-electron chi connectivity index (χ1n) is 6.93. The van der Waals surface area contributed by atoms with Crippen LogP contribution in [0.25, 0.3) is 0 Å². The van der Waals surface area contributed by atoms with Crippen molar-refractivity contribution in [1.29, 1.82) is 0 Å². The van der Waals surface area contributed by atoms with Crippen LogP contribution in [0.1, 0.15) is 17.2 Å². The number of aliphatic hydroxyl groups excluding tert-OH is 1. The van der Waals surface area contributed by atoms with E-state index in [-0.39, 0.29) is 0 Å². The number of benzene rings is 2. The minimum atomic E-state index is -0.671. The molecule has 0 saturated heterocycles. The Morgan fingerprint density at radius 1 is 1.14 bits per heavy atom. The van der Waals surface area contributed by atoms with Gasteiger partial charge in [0.2, 0.25) is 0 Å². The molecule has 21 heavy (non-hydrogen) atoms. The molecule has 0 fully saturated rings. The second-order valence-corrected chi connectivity index (χ2v) is 5.79. The molecule has 2 aromatic carbocycles. The number of nitrogens with zero attached hydrogens (tertiary/aromatic N) is 1. The molecule has 2 rings (SSSR count). The Morgan fingerprint density at radius 3 is 2.38 bits per heavy atom. The zero-order chi connectivity index (χ0) is 15.4. The predicted octanol–water partition coefficient (Wildman–Crippen LogP) is 3.01. The number of rotatable bonds is 5. The lowest BCUT2D eigenvalue weighted by Crippen LogP contribution is -2.28. The van der Waals surface area contributed by atoms with Crippen LogP contribution in [0.5, 0.6) is 0 Å². The molecule has 0 aliphatic heterocycles. The first-order valence-corrected chi connectivity index (χ1v) is 7.31. The van der Waals surface area contributed by atoms with E-state index < -0.39 is 12.1 Å². The Labute approximate surface area is 131 Å². The Morgan fingerprint density at radius 2 is 1.81 bits per heavy atom. The van der Waals surface area contributed by atoms with Crippen molar-refractivity contribution in [2.24, 2.45) is 5.73 Å². The van der Waals surface area contributed by atoms with E-state index in [2.05, 4.69) is 0 Å². The second-order valence-electron chi connectivity index (χ2n) is 5.38. The fourth-order valence-corrected chi connectivity index (χ4v) is 2.56. The van der Waals surface area contributed by atoms with Crippen LogP contribution >= 0.6 is 11.6 Å². The third-order valence-corrected chi connectivity index (χ3v) is 3.89. The zero-order valence-corrected chi connectivity index (χ0v) is 13.1. The van der Waals surface area contributed by atoms with E-state index in [9.17, 15) is 5.11 Å². The summed E-state index contributed by atoms with van der Waals surface area (Å²) < 4.78 is 0. The summed E-state index contributed by atoms with van der Waals surface area (Å²) in [5, 5.41) is 10.9. The van der Waals surface area contributed by atoms with E-state index in [0.717, 1.165) is 16.8 Å². The van der Waals surface area contributed by atoms with Crippen molar-refractivity contribution in [1.82, 2.24) is 0 Å². The Kier molecular flexibility index (Phi) is 5.23. The standard InChI is InChI=1S/C17H21ClN2O/c1-20(2)13-8-9-14(15(18)11-13)17(19)16(21)10-12-6-4-3-5-7-12/h3-9,11,16-17,21H,10,19H2,1-2H3/t16-,17+/m0/s1. The van der Waals surface area contributed by atoms with Crippen molar-refractivity contribution < 1.29 is 5.11 Å². The molecule has 0 saturated carbocycles. The van der Waals surface area contributed by atoms with Gasteiger partial charge in [-0.3, -0.25) is 0 Å². The highest BCUT2D eigenvalue weighted by atomic mass is 35.5. The van der Waals surface area contributed by atoms with Crippen LogP contribution < -0.4 is 10.6 Å². The molecule has 2 atom stereocenters. The van der Waals surface area contributed by atoms with Crippen LogP contribution in [0.3, 0.4) is 0 Å². The SMILES string of the molecule is CN(C)c1ccc([C@@H](N)[C@@H](O)Cc2ccccc2)c(Cl)c1. The van der Waals surface area contributed by atoms with Crippen LogP contribution in [0, 0.1) is 0 Å². The molecule has 3 N–H and O–H groups in total. The van der Waals surface area contributed by atoms with Crippen LogP contribution in [-0.2, 0) is 6.42 Å². The normalized spacial score (nSPS) is 13.8. The third-order valence-electron chi connectivity index (χ3n) is 3.56. The molecule has 0 bridgehead atoms. The lowest BCUT2D eigenvalue weighted by Gasteiger charge is -2.22. The highest BCUT2D eigenvalue weighted by Crippen LogP contribution is 2.28. The van der Waals surface area contributed by atoms with Gasteiger partial charge in [-0.25, -0.2) is 0 Å². The maximum absolute atomic E-state index is 10.3. The van der Waals surface area contributed by atoms with Crippen molar-refractivity contribution >= 4 is 17.3 Å². The second kappa shape index (κ2) is 6.94. The van der Waals surface area contributed by atoms with Gasteiger partial charge in [0.15, 0.2) is 0 Å². The molecule has 4 heteroatoms. The van der Waals surface area contributed by atoms with Gasteiger partial charge in [0, 0.05) is 31.2 Å². The smallest absolute Gasteiger partial charge is 0.0773 e. The van der Waals surface area contributed by atoms with E-state index >= 15 is 0 Å². The molecule has 0 aliphatic rings. The summed E-state index contributed by atoms with van der Waals surface area (Å²) in [5.41, 5.74) is 9.00. The predicted molar refractivity (Wildman–Crippen MR) is 88.9 cm³/mol. The van der Waals surface area contributed by atoms with E-state index in [1.807, 2.05) is 67.5 Å². The molecule has 0 radical (unpaired) electrons. The van der Waals surface area contributed by atoms with Gasteiger partial charge in [0.1, 0.15) is 0 Å². The summed E-state index contributed by atoms with van der Waals surface area (Å²) in [4.78, 5) is 1.97. The fraction of sp³-hybridized carbons (Fsp3) is 0.294. The molecule has 0 unspecified atom stereocenters. The highest BCUT2D eigenvalue weighted by Gasteiger charge is 2.20. The highest BCUT2D eigenvalue weighted by molar-refractivity contribution is 6.31. The van der Waals surface area contributed by atoms with Gasteiger partial charge < -0.3 is 15.7 Å². The van der Waals surface area contributed by atoms with Gasteiger partial charge in [0.05, 0.1) is 12.1 Å². The molecule has 0 aromatic heterocycles. The third kappa shape index (κ3) is 3.97. The largest absolute Gasteiger partial charge is 0.391 e. The average molecular weight is 305 g/mol. The molecule has 0 aliphatic carbocycles. The van der Waals surface area contributed by atoms with Crippen molar-refractivity contribution in [3.8, 4) is 0 Å². The van der Waals surface area contributed by atoms with Crippen LogP contribution in [0.2, 0.25) is 5.02 Å². The summed E-state index contributed by atoms with van der Waals surface area (Å²) in [6, 6.07) is 15.0. The Bertz CT molecular complexity index is 587. The zero-order valence-electron chi connectivity index (χ0n) is 12.3. The number of aliphatic hydroxyl groups is 1. The first kappa shape index (κ1) is 15.8. The van der Waals surface area contributed by atoms with Crippen molar-refractivity contribution in [2.75, 3.05) is 19.0 Å². The molecule has 2 aromatic rings. The monoisotopic (exact) mass is 304 g/mol. The Balaban J connectivity index is 2.14. The van der Waals surface area contributed by atoms with Gasteiger partial charge in [-0.15, -0.1) is 0 Å². The quantitative estimate of drug-likeness (QED) is 0.893. The maximum Gasteiger partial charge on any atom is 0.0773 e. The molecule has 112 valence electrons. The van der Waals surface area contributed by atoms with E-state index in [1.54, 1.807) is 0 Å². The molecule has 0 amide bonds. The summed E-state index contributed by atoms with van der Waals surface area (Å²) in [5.74, 6) is 0. The van der Waals surface area contributed by atoms with Gasteiger partial charge in [-0.05, 0) is 23.3 Å². The minimum Gasteiger partial charge on any atom is -0.391 e. The first-order chi connectivity index (χ1) is 9.99. The van der Waals surface area contributed by atoms with Gasteiger partial charge in [-0.1, -0.05) is 48.0 Å². The minimum absolute atomic E-state index is 0.506. The summed E-state index contributed by atoms with van der Waals surface area (Å²) in [7, 11) is 3.91. The summed E-state index contributed by atoms with van der Waals surface area (Å²) in [6.45, 7) is 0. The summed E-state index contributed by atoms with van der Waals surface area (Å²) in [6.07, 6.45) is -0.163. The van der Waals surface area contributed by atoms with Crippen molar-refractivity contribution in [3.05, 3.63) is 64.7 Å². The van der Waals surface area contributed by atoms with Gasteiger partial charge in [-0.2, -0.15) is 0 Å². The topological polar surface area (TPSA) is 49.5 Å². The number of anilines is 1. The van der Waals surface area contributed by atoms with E-state index in [0.29, 0.717) is 11.4 Å². The van der Waals surface area contributed by atoms with Gasteiger partial charge >= 0.3 is 0 Å². The number of hydrogen-bond acceptors (Lipinski definition) is 3. The molecule has 0 heterocycles. The maximum atomic E-state index is 10.3. The van der Waals surface area contributed by atoms with Gasteiger partial charge in [0.25, 0.3) is 0 Å². The number of hydrogen-bond donors (Lipinski definition) is 2. The Hall–Kier alpha value is -1.55. The molecule has 3 nitrogen and oxygen atoms in total. The lowest BCUT2D eigenvalue weighted by molar-refractivity contribution is 0.145. The molecular formula is C17H21ClN2O. The lowest BCUT2D eigenvalue weighted by atomic mass is 9.96. The van der Waals surface area contributed by atoms with E-state index in [1.165, 1.54) is 0 Å². The molecule has 0 spiro atoms. The van der Waals surface area contributed by atoms with Crippen molar-refractivity contribution in [3.63, 3.8) is 0 Å². The van der Waals surface area contributed by atoms with Crippen molar-refractivity contribution in [2.45, 2.75) is 18.6 Å². The molecular weight excluding hydrogens is 284 g/mol. The van der Waals surface area contributed by atoms with Crippen LogP contribution in [0.15, 0.2) is 48.5 Å². The van der Waals surface area contributed by atoms with Crippen LogP contribution in [0.4, 0.5) is 5.69 Å². The summed E-state index contributed by atoms with van der Waals surface area (Å²) >= 11 is 6.30. The number of nitrogens with two attached hydrogens (primary N) is 1. The van der Waals surface area contributed by atoms with Crippen LogP contribution in [-0.4, -0.2) is 25.3 Å². The fourth-order valence-electron chi connectivity index (χ4n) is 2.25. The number of halogens is 1. The average Bonchev–Trinajstić information content (AvgIpc) is 2.47. The van der Waals surface area contributed by atoms with E-state index in [4.69, 9.17) is 17.3 Å².